The summed E-state index contributed by atoms with van der Waals surface area (Å²) in [6.45, 7) is 2.66. The number of nitro groups is 1. The van der Waals surface area contributed by atoms with E-state index in [-0.39, 0.29) is 10.6 Å². The Labute approximate surface area is 151 Å². The fraction of sp³-hybridized carbons (Fsp3) is 0.143. The summed E-state index contributed by atoms with van der Waals surface area (Å²) in [6, 6.07) is 22.6. The third kappa shape index (κ3) is 2.77. The minimum absolute atomic E-state index is 0.0652. The lowest BCUT2D eigenvalue weighted by Gasteiger charge is -2.39. The van der Waals surface area contributed by atoms with Crippen LogP contribution in [0.5, 0.6) is 5.75 Å². The number of ether oxygens (including phenoxy) is 1. The first-order chi connectivity index (χ1) is 12.6. The van der Waals surface area contributed by atoms with E-state index in [2.05, 4.69) is 4.90 Å². The number of aryl methyl sites for hydroxylation is 1. The molecule has 0 amide bonds. The second-order valence-corrected chi connectivity index (χ2v) is 6.31. The second-order valence-electron chi connectivity index (χ2n) is 6.31. The number of hydrogen-bond acceptors (Lipinski definition) is 4. The molecule has 0 N–H and O–H groups in total. The molecule has 1 atom stereocenters. The predicted molar refractivity (Wildman–Crippen MR) is 100 cm³/mol. The highest BCUT2D eigenvalue weighted by atomic mass is 16.6. The Kier molecular flexibility index (Phi) is 4.05. The van der Waals surface area contributed by atoms with E-state index in [0.717, 1.165) is 22.6 Å². The number of rotatable bonds is 3. The zero-order valence-corrected chi connectivity index (χ0v) is 14.3. The molecule has 5 heteroatoms. The van der Waals surface area contributed by atoms with Crippen LogP contribution < -0.4 is 9.64 Å². The van der Waals surface area contributed by atoms with Gasteiger partial charge in [0, 0.05) is 17.3 Å². The van der Waals surface area contributed by atoms with Crippen LogP contribution in [0, 0.1) is 17.0 Å². The number of hydrogen-bond donors (Lipinski definition) is 0. The van der Waals surface area contributed by atoms with Gasteiger partial charge in [0.2, 0.25) is 6.23 Å². The van der Waals surface area contributed by atoms with Crippen LogP contribution in [0.4, 0.5) is 11.4 Å². The van der Waals surface area contributed by atoms with E-state index in [4.69, 9.17) is 4.74 Å². The Morgan fingerprint density at radius 3 is 2.50 bits per heavy atom. The highest BCUT2D eigenvalue weighted by Gasteiger charge is 2.34. The van der Waals surface area contributed by atoms with Gasteiger partial charge in [-0.3, -0.25) is 10.1 Å². The lowest BCUT2D eigenvalue weighted by atomic mass is 10.0. The van der Waals surface area contributed by atoms with Gasteiger partial charge in [-0.15, -0.1) is 0 Å². The third-order valence-corrected chi connectivity index (χ3v) is 4.66. The monoisotopic (exact) mass is 346 g/mol. The largest absolute Gasteiger partial charge is 0.466 e. The molecule has 3 aromatic rings. The summed E-state index contributed by atoms with van der Waals surface area (Å²) in [5.41, 5.74) is 3.78. The molecule has 1 aliphatic heterocycles. The van der Waals surface area contributed by atoms with Gasteiger partial charge >= 0.3 is 0 Å². The van der Waals surface area contributed by atoms with Crippen molar-refractivity contribution in [2.75, 3.05) is 4.90 Å². The van der Waals surface area contributed by atoms with Crippen molar-refractivity contribution >= 4 is 11.4 Å². The molecule has 1 unspecified atom stereocenters. The summed E-state index contributed by atoms with van der Waals surface area (Å²) in [5.74, 6) is 0.764. The van der Waals surface area contributed by atoms with E-state index in [1.807, 2.05) is 61.5 Å². The lowest BCUT2D eigenvalue weighted by molar-refractivity contribution is -0.386. The Hall–Kier alpha value is -3.34. The maximum atomic E-state index is 11.6. The zero-order chi connectivity index (χ0) is 18.1. The molecule has 0 fully saturated rings. The maximum Gasteiger partial charge on any atom is 0.278 e. The number of fused-ring (bicyclic) bond motifs is 1. The molecular formula is C21H18N2O3. The lowest BCUT2D eigenvalue weighted by Crippen LogP contribution is -2.36. The van der Waals surface area contributed by atoms with Gasteiger partial charge in [0.1, 0.15) is 5.75 Å². The van der Waals surface area contributed by atoms with Crippen LogP contribution in [0.3, 0.4) is 0 Å². The van der Waals surface area contributed by atoms with Crippen LogP contribution in [0.2, 0.25) is 0 Å². The number of para-hydroxylation sites is 3. The third-order valence-electron chi connectivity index (χ3n) is 4.66. The molecular weight excluding hydrogens is 328 g/mol. The van der Waals surface area contributed by atoms with Gasteiger partial charge in [-0.05, 0) is 30.7 Å². The van der Waals surface area contributed by atoms with Crippen LogP contribution in [-0.2, 0) is 6.54 Å². The topological polar surface area (TPSA) is 55.6 Å². The molecule has 0 saturated carbocycles. The summed E-state index contributed by atoms with van der Waals surface area (Å²) in [5, 5.41) is 11.6. The van der Waals surface area contributed by atoms with E-state index < -0.39 is 6.23 Å². The highest BCUT2D eigenvalue weighted by Crippen LogP contribution is 2.41. The molecule has 0 aliphatic carbocycles. The summed E-state index contributed by atoms with van der Waals surface area (Å²) in [4.78, 5) is 13.3. The average Bonchev–Trinajstić information content (AvgIpc) is 2.67. The summed E-state index contributed by atoms with van der Waals surface area (Å²) >= 11 is 0. The number of anilines is 1. The van der Waals surface area contributed by atoms with Crippen molar-refractivity contribution < 1.29 is 9.66 Å². The van der Waals surface area contributed by atoms with Gasteiger partial charge in [0.25, 0.3) is 5.69 Å². The van der Waals surface area contributed by atoms with Crippen LogP contribution >= 0.6 is 0 Å². The van der Waals surface area contributed by atoms with Crippen LogP contribution in [-0.4, -0.2) is 4.92 Å². The number of nitrogens with zero attached hydrogens (tertiary/aromatic N) is 2. The smallest absolute Gasteiger partial charge is 0.278 e. The van der Waals surface area contributed by atoms with E-state index in [1.54, 1.807) is 12.1 Å². The fourth-order valence-corrected chi connectivity index (χ4v) is 3.39. The highest BCUT2D eigenvalue weighted by molar-refractivity contribution is 5.58. The van der Waals surface area contributed by atoms with E-state index in [9.17, 15) is 10.1 Å². The maximum absolute atomic E-state index is 11.6. The molecule has 0 aromatic heterocycles. The molecule has 0 radical (unpaired) electrons. The van der Waals surface area contributed by atoms with E-state index in [0.29, 0.717) is 12.1 Å². The second kappa shape index (κ2) is 6.52. The number of nitro benzene ring substituents is 1. The summed E-state index contributed by atoms with van der Waals surface area (Å²) in [7, 11) is 0. The van der Waals surface area contributed by atoms with Crippen molar-refractivity contribution in [1.82, 2.24) is 0 Å². The van der Waals surface area contributed by atoms with Crippen LogP contribution in [0.15, 0.2) is 72.8 Å². The molecule has 4 rings (SSSR count). The van der Waals surface area contributed by atoms with Crippen LogP contribution in [0.25, 0.3) is 0 Å². The molecule has 26 heavy (non-hydrogen) atoms. The fourth-order valence-electron chi connectivity index (χ4n) is 3.39. The van der Waals surface area contributed by atoms with Crippen molar-refractivity contribution in [1.29, 1.82) is 0 Å². The van der Waals surface area contributed by atoms with Crippen molar-refractivity contribution in [3.8, 4) is 5.75 Å². The quantitative estimate of drug-likeness (QED) is 0.494. The Morgan fingerprint density at radius 1 is 1.00 bits per heavy atom. The van der Waals surface area contributed by atoms with E-state index in [1.165, 1.54) is 6.07 Å². The van der Waals surface area contributed by atoms with Gasteiger partial charge in [0.15, 0.2) is 0 Å². The number of benzene rings is 3. The molecule has 1 aliphatic rings. The van der Waals surface area contributed by atoms with Gasteiger partial charge in [-0.2, -0.15) is 0 Å². The molecule has 0 saturated heterocycles. The van der Waals surface area contributed by atoms with Gasteiger partial charge in [-0.1, -0.05) is 48.5 Å². The SMILES string of the molecule is Cc1ccccc1N1Cc2ccccc2OC1c1ccccc1[N+](=O)[O-]. The van der Waals surface area contributed by atoms with Crippen molar-refractivity contribution in [3.63, 3.8) is 0 Å². The van der Waals surface area contributed by atoms with Crippen molar-refractivity contribution in [2.45, 2.75) is 19.7 Å². The summed E-state index contributed by atoms with van der Waals surface area (Å²) in [6.07, 6.45) is -0.562. The Balaban J connectivity index is 1.87. The standard InChI is InChI=1S/C21H18N2O3/c1-15-8-2-5-11-18(15)22-14-16-9-3-7-13-20(16)26-21(22)17-10-4-6-12-19(17)23(24)25/h2-13,21H,14H2,1H3. The minimum atomic E-state index is -0.562. The first kappa shape index (κ1) is 16.1. The molecule has 0 bridgehead atoms. The Bertz CT molecular complexity index is 971. The van der Waals surface area contributed by atoms with Crippen molar-refractivity contribution in [3.05, 3.63) is 99.6 Å². The minimum Gasteiger partial charge on any atom is -0.466 e. The predicted octanol–water partition coefficient (Wildman–Crippen LogP) is 5.00. The molecule has 1 heterocycles. The summed E-state index contributed by atoms with van der Waals surface area (Å²) < 4.78 is 6.25. The Morgan fingerprint density at radius 2 is 1.69 bits per heavy atom. The average molecular weight is 346 g/mol. The normalized spacial score (nSPS) is 15.9. The first-order valence-electron chi connectivity index (χ1n) is 8.45. The molecule has 0 spiro atoms. The van der Waals surface area contributed by atoms with Gasteiger partial charge in [0.05, 0.1) is 17.0 Å². The van der Waals surface area contributed by atoms with Gasteiger partial charge < -0.3 is 9.64 Å². The molecule has 130 valence electrons. The van der Waals surface area contributed by atoms with E-state index >= 15 is 0 Å². The zero-order valence-electron chi connectivity index (χ0n) is 14.3. The molecule has 5 nitrogen and oxygen atoms in total. The van der Waals surface area contributed by atoms with Gasteiger partial charge in [-0.25, -0.2) is 0 Å². The van der Waals surface area contributed by atoms with Crippen molar-refractivity contribution in [2.24, 2.45) is 0 Å². The van der Waals surface area contributed by atoms with Crippen LogP contribution in [0.1, 0.15) is 22.9 Å². The first-order valence-corrected chi connectivity index (χ1v) is 8.45. The molecule has 3 aromatic carbocycles.